The Morgan fingerprint density at radius 1 is 0.679 bits per heavy atom. The molecule has 1 aliphatic rings. The zero-order valence-electron chi connectivity index (χ0n) is 21.7. The molecule has 0 N–H and O–H groups in total. The Labute approximate surface area is 181 Å². The van der Waals surface area contributed by atoms with E-state index in [2.05, 4.69) is 69.2 Å². The van der Waals surface area contributed by atoms with E-state index in [-0.39, 0.29) is 0 Å². The van der Waals surface area contributed by atoms with Crippen molar-refractivity contribution in [2.75, 3.05) is 0 Å². The molecule has 1 rings (SSSR count). The summed E-state index contributed by atoms with van der Waals surface area (Å²) in [6, 6.07) is 0. The third-order valence-corrected chi connectivity index (χ3v) is 8.27. The van der Waals surface area contributed by atoms with Crippen LogP contribution in [0.5, 0.6) is 0 Å². The van der Waals surface area contributed by atoms with Gasteiger partial charge < -0.3 is 0 Å². The molecule has 0 aromatic rings. The third kappa shape index (κ3) is 11.9. The Morgan fingerprint density at radius 3 is 1.75 bits per heavy atom. The van der Waals surface area contributed by atoms with Crippen molar-refractivity contribution in [2.24, 2.45) is 47.3 Å². The molecular formula is C28H58. The molecule has 0 aromatic carbocycles. The van der Waals surface area contributed by atoms with Crippen LogP contribution in [0.2, 0.25) is 0 Å². The van der Waals surface area contributed by atoms with E-state index in [0.717, 1.165) is 47.3 Å². The summed E-state index contributed by atoms with van der Waals surface area (Å²) < 4.78 is 0. The van der Waals surface area contributed by atoms with Crippen LogP contribution in [0, 0.1) is 47.3 Å². The van der Waals surface area contributed by atoms with Crippen LogP contribution in [0.15, 0.2) is 0 Å². The molecular weight excluding hydrogens is 336 g/mol. The number of hydrogen-bond donors (Lipinski definition) is 0. The van der Waals surface area contributed by atoms with Gasteiger partial charge in [0, 0.05) is 0 Å². The SMILES string of the molecule is CCC(C)CC1CCC(C(C)CC)C1.CCC(CC)CC(C)CC(C)C(C)C. The van der Waals surface area contributed by atoms with Crippen molar-refractivity contribution in [3.8, 4) is 0 Å². The highest BCUT2D eigenvalue weighted by atomic mass is 14.3. The lowest BCUT2D eigenvalue weighted by Gasteiger charge is -2.23. The second-order valence-corrected chi connectivity index (χ2v) is 11.1. The van der Waals surface area contributed by atoms with Crippen molar-refractivity contribution in [3.05, 3.63) is 0 Å². The molecule has 6 unspecified atom stereocenters. The summed E-state index contributed by atoms with van der Waals surface area (Å²) in [7, 11) is 0. The summed E-state index contributed by atoms with van der Waals surface area (Å²) in [5.41, 5.74) is 0. The predicted octanol–water partition coefficient (Wildman–Crippen LogP) is 10.0. The van der Waals surface area contributed by atoms with Gasteiger partial charge in [0.1, 0.15) is 0 Å². The Bertz CT molecular complexity index is 336. The highest BCUT2D eigenvalue weighted by Gasteiger charge is 2.28. The van der Waals surface area contributed by atoms with Crippen LogP contribution in [0.1, 0.15) is 133 Å². The topological polar surface area (TPSA) is 0 Å². The fourth-order valence-electron chi connectivity index (χ4n) is 5.11. The van der Waals surface area contributed by atoms with Gasteiger partial charge in [0.05, 0.1) is 0 Å². The van der Waals surface area contributed by atoms with Gasteiger partial charge in [-0.3, -0.25) is 0 Å². The lowest BCUT2D eigenvalue weighted by Crippen LogP contribution is -2.12. The first-order valence-corrected chi connectivity index (χ1v) is 13.2. The minimum atomic E-state index is 0.846. The molecule has 0 heterocycles. The zero-order valence-corrected chi connectivity index (χ0v) is 21.7. The maximum atomic E-state index is 2.44. The van der Waals surface area contributed by atoms with Crippen LogP contribution in [0.4, 0.5) is 0 Å². The van der Waals surface area contributed by atoms with E-state index in [1.165, 1.54) is 64.2 Å². The van der Waals surface area contributed by atoms with E-state index in [4.69, 9.17) is 0 Å². The van der Waals surface area contributed by atoms with Gasteiger partial charge in [0.25, 0.3) is 0 Å². The number of hydrogen-bond acceptors (Lipinski definition) is 0. The molecule has 6 atom stereocenters. The summed E-state index contributed by atoms with van der Waals surface area (Å²) in [6.45, 7) is 23.7. The highest BCUT2D eigenvalue weighted by molar-refractivity contribution is 4.79. The second kappa shape index (κ2) is 15.8. The molecule has 0 nitrogen and oxygen atoms in total. The van der Waals surface area contributed by atoms with Gasteiger partial charge in [-0.05, 0) is 79.4 Å². The molecule has 1 fully saturated rings. The van der Waals surface area contributed by atoms with E-state index in [0.29, 0.717) is 0 Å². The fourth-order valence-corrected chi connectivity index (χ4v) is 5.11. The lowest BCUT2D eigenvalue weighted by atomic mass is 9.83. The summed E-state index contributed by atoms with van der Waals surface area (Å²) in [5.74, 6) is 7.64. The Kier molecular flexibility index (Phi) is 15.8. The molecule has 0 spiro atoms. The second-order valence-electron chi connectivity index (χ2n) is 11.1. The largest absolute Gasteiger partial charge is 0.0651 e. The minimum absolute atomic E-state index is 0.846. The summed E-state index contributed by atoms with van der Waals surface area (Å²) in [6.07, 6.45) is 14.3. The van der Waals surface area contributed by atoms with Crippen molar-refractivity contribution in [1.82, 2.24) is 0 Å². The van der Waals surface area contributed by atoms with E-state index < -0.39 is 0 Å². The molecule has 0 aliphatic heterocycles. The van der Waals surface area contributed by atoms with Gasteiger partial charge in [-0.2, -0.15) is 0 Å². The molecule has 0 bridgehead atoms. The molecule has 0 saturated heterocycles. The van der Waals surface area contributed by atoms with Gasteiger partial charge in [0.2, 0.25) is 0 Å². The molecule has 0 aromatic heterocycles. The molecule has 1 saturated carbocycles. The summed E-state index contributed by atoms with van der Waals surface area (Å²) >= 11 is 0. The Hall–Kier alpha value is 0. The lowest BCUT2D eigenvalue weighted by molar-refractivity contribution is 0.282. The summed E-state index contributed by atoms with van der Waals surface area (Å²) in [4.78, 5) is 0. The maximum Gasteiger partial charge on any atom is -0.0386 e. The molecule has 0 amide bonds. The molecule has 170 valence electrons. The molecule has 0 radical (unpaired) electrons. The van der Waals surface area contributed by atoms with Crippen molar-refractivity contribution >= 4 is 0 Å². The minimum Gasteiger partial charge on any atom is -0.0651 e. The average Bonchev–Trinajstić information content (AvgIpc) is 3.14. The third-order valence-electron chi connectivity index (χ3n) is 8.27. The van der Waals surface area contributed by atoms with Crippen LogP contribution in [-0.4, -0.2) is 0 Å². The summed E-state index contributed by atoms with van der Waals surface area (Å²) in [5, 5.41) is 0. The van der Waals surface area contributed by atoms with Crippen LogP contribution >= 0.6 is 0 Å². The molecule has 0 heteroatoms. The van der Waals surface area contributed by atoms with Gasteiger partial charge in [-0.1, -0.05) is 101 Å². The highest BCUT2D eigenvalue weighted by Crippen LogP contribution is 2.40. The first-order chi connectivity index (χ1) is 13.2. The predicted molar refractivity (Wildman–Crippen MR) is 131 cm³/mol. The zero-order chi connectivity index (χ0) is 21.7. The average molecular weight is 395 g/mol. The monoisotopic (exact) mass is 394 g/mol. The first-order valence-electron chi connectivity index (χ1n) is 13.2. The Balaban J connectivity index is 0.000000521. The van der Waals surface area contributed by atoms with Gasteiger partial charge >= 0.3 is 0 Å². The van der Waals surface area contributed by atoms with Crippen molar-refractivity contribution in [3.63, 3.8) is 0 Å². The van der Waals surface area contributed by atoms with Gasteiger partial charge in [-0.25, -0.2) is 0 Å². The Morgan fingerprint density at radius 2 is 1.29 bits per heavy atom. The fraction of sp³-hybridized carbons (Fsp3) is 1.00. The quantitative estimate of drug-likeness (QED) is 0.309. The van der Waals surface area contributed by atoms with Crippen molar-refractivity contribution in [1.29, 1.82) is 0 Å². The van der Waals surface area contributed by atoms with Crippen LogP contribution < -0.4 is 0 Å². The van der Waals surface area contributed by atoms with E-state index in [1.807, 2.05) is 0 Å². The number of rotatable bonds is 12. The van der Waals surface area contributed by atoms with Crippen LogP contribution in [-0.2, 0) is 0 Å². The van der Waals surface area contributed by atoms with Crippen LogP contribution in [0.3, 0.4) is 0 Å². The van der Waals surface area contributed by atoms with Crippen molar-refractivity contribution in [2.45, 2.75) is 133 Å². The first kappa shape index (κ1) is 28.0. The maximum absolute atomic E-state index is 2.44. The van der Waals surface area contributed by atoms with Crippen molar-refractivity contribution < 1.29 is 0 Å². The molecule has 28 heavy (non-hydrogen) atoms. The van der Waals surface area contributed by atoms with E-state index in [1.54, 1.807) is 0 Å². The normalized spacial score (nSPS) is 24.0. The van der Waals surface area contributed by atoms with Gasteiger partial charge in [0.15, 0.2) is 0 Å². The van der Waals surface area contributed by atoms with E-state index >= 15 is 0 Å². The van der Waals surface area contributed by atoms with Crippen LogP contribution in [0.25, 0.3) is 0 Å². The van der Waals surface area contributed by atoms with E-state index in [9.17, 15) is 0 Å². The van der Waals surface area contributed by atoms with Gasteiger partial charge in [-0.15, -0.1) is 0 Å². The molecule has 1 aliphatic carbocycles. The standard InChI is InChI=1S/C14H28.C14H30/c1-5-11(3)9-13-7-8-14(10-13)12(4)6-2;1-7-14(8-2)10-12(5)9-13(6)11(3)4/h11-14H,5-10H2,1-4H3;11-14H,7-10H2,1-6H3. The smallest absolute Gasteiger partial charge is 0.0386 e.